The molecule has 11 nitrogen and oxygen atoms in total. The molecule has 2 aliphatic heterocycles. The van der Waals surface area contributed by atoms with Crippen molar-refractivity contribution in [2.75, 3.05) is 33.0 Å². The normalized spacial score (nSPS) is 17.1. The third-order valence-corrected chi connectivity index (χ3v) is 8.03. The Morgan fingerprint density at radius 2 is 2.00 bits per heavy atom. The summed E-state index contributed by atoms with van der Waals surface area (Å²) < 4.78 is 7.51. The lowest BCUT2D eigenvalue weighted by Gasteiger charge is -2.30. The van der Waals surface area contributed by atoms with Gasteiger partial charge in [0.25, 0.3) is 5.91 Å². The topological polar surface area (TPSA) is 121 Å². The number of rotatable bonds is 6. The number of pyridine rings is 1. The summed E-state index contributed by atoms with van der Waals surface area (Å²) in [6.07, 6.45) is 6.49. The summed E-state index contributed by atoms with van der Waals surface area (Å²) in [7, 11) is 5.87. The van der Waals surface area contributed by atoms with Crippen LogP contribution >= 0.6 is 0 Å². The van der Waals surface area contributed by atoms with Gasteiger partial charge in [-0.15, -0.1) is 0 Å². The van der Waals surface area contributed by atoms with Gasteiger partial charge in [-0.2, -0.15) is 0 Å². The number of nitrogens with one attached hydrogen (secondary N) is 2. The van der Waals surface area contributed by atoms with Crippen molar-refractivity contribution in [1.29, 1.82) is 0 Å². The molecule has 2 aliphatic rings. The number of hydrogen-bond acceptors (Lipinski definition) is 8. The second-order valence-corrected chi connectivity index (χ2v) is 11.0. The van der Waals surface area contributed by atoms with Crippen LogP contribution in [0.25, 0.3) is 28.1 Å². The summed E-state index contributed by atoms with van der Waals surface area (Å²) in [6, 6.07) is 9.81. The van der Waals surface area contributed by atoms with Crippen LogP contribution in [0.15, 0.2) is 53.4 Å². The molecule has 5 aromatic rings. The molecule has 1 atom stereocenters. The first-order valence-electron chi connectivity index (χ1n) is 13.7. The molecular weight excluding hydrogens is 520 g/mol. The lowest BCUT2D eigenvalue weighted by atomic mass is 9.88. The molecule has 0 radical (unpaired) electrons. The van der Waals surface area contributed by atoms with Gasteiger partial charge in [-0.3, -0.25) is 14.0 Å². The van der Waals surface area contributed by atoms with Crippen LogP contribution in [-0.2, 0) is 17.9 Å². The van der Waals surface area contributed by atoms with Crippen molar-refractivity contribution >= 4 is 40.2 Å². The van der Waals surface area contributed by atoms with Gasteiger partial charge in [-0.25, -0.2) is 15.0 Å². The number of carbonyl (C=O) groups excluding carboxylic acids is 2. The zero-order valence-electron chi connectivity index (χ0n) is 23.1. The van der Waals surface area contributed by atoms with Crippen LogP contribution in [-0.4, -0.2) is 68.7 Å². The molecule has 0 unspecified atom stereocenters. The highest BCUT2D eigenvalue weighted by Gasteiger charge is 2.29. The van der Waals surface area contributed by atoms with E-state index in [1.165, 1.54) is 0 Å². The minimum atomic E-state index is -0.136. The predicted octanol–water partition coefficient (Wildman–Crippen LogP) is 3.92. The summed E-state index contributed by atoms with van der Waals surface area (Å²) in [4.78, 5) is 43.3. The molecule has 0 bridgehead atoms. The average Bonchev–Trinajstić information content (AvgIpc) is 3.69. The summed E-state index contributed by atoms with van der Waals surface area (Å²) in [6.45, 7) is 1.80. The van der Waals surface area contributed by atoms with Gasteiger partial charge < -0.3 is 24.9 Å². The number of hydrogen-bond donors (Lipinski definition) is 2. The maximum Gasteiger partial charge on any atom is 0.254 e. The number of piperidine rings is 1. The van der Waals surface area contributed by atoms with E-state index < -0.39 is 0 Å². The summed E-state index contributed by atoms with van der Waals surface area (Å²) in [5, 5.41) is 6.41. The lowest BCUT2D eigenvalue weighted by Crippen LogP contribution is -2.35. The van der Waals surface area contributed by atoms with Crippen molar-refractivity contribution < 1.29 is 14.0 Å². The lowest BCUT2D eigenvalue weighted by molar-refractivity contribution is -0.132. The van der Waals surface area contributed by atoms with Gasteiger partial charge in [0.05, 0.1) is 41.3 Å². The van der Waals surface area contributed by atoms with Crippen LogP contribution in [0.2, 0.25) is 0 Å². The highest BCUT2D eigenvalue weighted by molar-refractivity contribution is 6.06. The molecule has 0 saturated carbocycles. The van der Waals surface area contributed by atoms with Gasteiger partial charge in [0.15, 0.2) is 5.65 Å². The van der Waals surface area contributed by atoms with E-state index >= 15 is 0 Å². The van der Waals surface area contributed by atoms with Crippen LogP contribution in [0.5, 0.6) is 0 Å². The van der Waals surface area contributed by atoms with Crippen LogP contribution in [0, 0.1) is 0 Å². The highest BCUT2D eigenvalue weighted by atomic mass is 16.3. The summed E-state index contributed by atoms with van der Waals surface area (Å²) >= 11 is 0. The Kier molecular flexibility index (Phi) is 5.97. The second kappa shape index (κ2) is 9.70. The molecule has 1 fully saturated rings. The first-order valence-corrected chi connectivity index (χ1v) is 13.7. The molecule has 2 amide bonds. The van der Waals surface area contributed by atoms with E-state index in [4.69, 9.17) is 9.40 Å². The zero-order valence-corrected chi connectivity index (χ0v) is 23.1. The fourth-order valence-electron chi connectivity index (χ4n) is 6.00. The van der Waals surface area contributed by atoms with Crippen molar-refractivity contribution in [3.63, 3.8) is 0 Å². The molecule has 0 spiro atoms. The zero-order chi connectivity index (χ0) is 28.2. The van der Waals surface area contributed by atoms with Crippen molar-refractivity contribution in [2.45, 2.75) is 31.8 Å². The van der Waals surface area contributed by atoms with E-state index in [-0.39, 0.29) is 17.7 Å². The Morgan fingerprint density at radius 3 is 2.83 bits per heavy atom. The van der Waals surface area contributed by atoms with E-state index in [1.54, 1.807) is 23.6 Å². The molecule has 41 heavy (non-hydrogen) atoms. The highest BCUT2D eigenvalue weighted by Crippen LogP contribution is 2.37. The summed E-state index contributed by atoms with van der Waals surface area (Å²) in [5.41, 5.74) is 8.02. The Balaban J connectivity index is 1.26. The predicted molar refractivity (Wildman–Crippen MR) is 154 cm³/mol. The van der Waals surface area contributed by atoms with E-state index in [2.05, 4.69) is 31.6 Å². The maximum absolute atomic E-state index is 13.1. The monoisotopic (exact) mass is 550 g/mol. The summed E-state index contributed by atoms with van der Waals surface area (Å²) in [5.74, 6) is 0.826. The number of aromatic nitrogens is 4. The van der Waals surface area contributed by atoms with Crippen LogP contribution < -0.4 is 10.6 Å². The standard InChI is InChI=1S/C30H30N8O3/c1-36(2)16-22-18(17-8-10-37(3)27(39)12-17)5-7-25(35-22)34-21-6-4-19(20-13-32-29(40)28(20)21)24-14-31-26-15-33-30-23(38(24)26)9-11-41-30/h4-7,9,11,14-15,17H,8,10,12-13,16H2,1-3H3,(H,32,40)(H,34,35)/t17-/m0/s1. The van der Waals surface area contributed by atoms with E-state index in [0.717, 1.165) is 46.6 Å². The smallest absolute Gasteiger partial charge is 0.254 e. The van der Waals surface area contributed by atoms with Gasteiger partial charge in [0, 0.05) is 44.7 Å². The SMILES string of the molecule is CN(C)Cc1nc(Nc2ccc(-c3cnc4cnc5occc5n34)c3c2C(=O)NC3)ccc1[C@H]1CCN(C)C(=O)C1. The van der Waals surface area contributed by atoms with E-state index in [9.17, 15) is 9.59 Å². The minimum Gasteiger partial charge on any atom is -0.445 e. The number of furan rings is 1. The third kappa shape index (κ3) is 4.29. The molecule has 2 N–H and O–H groups in total. The van der Waals surface area contributed by atoms with E-state index in [0.29, 0.717) is 47.9 Å². The first-order chi connectivity index (χ1) is 19.9. The maximum atomic E-state index is 13.1. The molecular formula is C30H30N8O3. The largest absolute Gasteiger partial charge is 0.445 e. The molecule has 1 saturated heterocycles. The van der Waals surface area contributed by atoms with Crippen LogP contribution in [0.3, 0.4) is 0 Å². The Morgan fingerprint density at radius 1 is 1.12 bits per heavy atom. The van der Waals surface area contributed by atoms with Crippen molar-refractivity contribution in [3.05, 3.63) is 71.4 Å². The van der Waals surface area contributed by atoms with Gasteiger partial charge >= 0.3 is 0 Å². The number of imidazole rings is 1. The number of carbonyl (C=O) groups is 2. The fraction of sp³-hybridized carbons (Fsp3) is 0.300. The van der Waals surface area contributed by atoms with Gasteiger partial charge in [0.2, 0.25) is 11.6 Å². The van der Waals surface area contributed by atoms with Crippen molar-refractivity contribution in [3.8, 4) is 11.3 Å². The number of nitrogens with zero attached hydrogens (tertiary/aromatic N) is 6. The molecule has 208 valence electrons. The fourth-order valence-corrected chi connectivity index (χ4v) is 6.00. The number of anilines is 2. The molecule has 6 heterocycles. The van der Waals surface area contributed by atoms with Crippen LogP contribution in [0.1, 0.15) is 45.9 Å². The molecule has 4 aromatic heterocycles. The average molecular weight is 551 g/mol. The van der Waals surface area contributed by atoms with Gasteiger partial charge in [-0.05, 0) is 49.7 Å². The van der Waals surface area contributed by atoms with Gasteiger partial charge in [0.1, 0.15) is 11.3 Å². The molecule has 7 rings (SSSR count). The Labute approximate surface area is 236 Å². The third-order valence-electron chi connectivity index (χ3n) is 8.03. The van der Waals surface area contributed by atoms with Crippen LogP contribution in [0.4, 0.5) is 11.5 Å². The Hall–Kier alpha value is -4.77. The van der Waals surface area contributed by atoms with Gasteiger partial charge in [-0.1, -0.05) is 12.1 Å². The second-order valence-electron chi connectivity index (χ2n) is 11.0. The number of likely N-dealkylation sites (tertiary alicyclic amines) is 1. The first kappa shape index (κ1) is 25.2. The number of benzene rings is 1. The minimum absolute atomic E-state index is 0.136. The molecule has 1 aromatic carbocycles. The Bertz CT molecular complexity index is 1840. The van der Waals surface area contributed by atoms with Crippen molar-refractivity contribution in [1.82, 2.24) is 34.5 Å². The van der Waals surface area contributed by atoms with E-state index in [1.807, 2.05) is 49.8 Å². The number of fused-ring (bicyclic) bond motifs is 4. The molecule has 0 aliphatic carbocycles. The number of amides is 2. The molecule has 11 heteroatoms. The van der Waals surface area contributed by atoms with Crippen molar-refractivity contribution in [2.24, 2.45) is 0 Å². The quantitative estimate of drug-likeness (QED) is 0.326.